The summed E-state index contributed by atoms with van der Waals surface area (Å²) in [5, 5.41) is 12.1. The van der Waals surface area contributed by atoms with Gasteiger partial charge in [-0.3, -0.25) is 0 Å². The summed E-state index contributed by atoms with van der Waals surface area (Å²) in [6.07, 6.45) is 2.83. The Balaban J connectivity index is 2.70. The van der Waals surface area contributed by atoms with Gasteiger partial charge in [0.25, 0.3) is 10.0 Å². The number of nitrogens with one attached hydrogen (secondary N) is 2. The summed E-state index contributed by atoms with van der Waals surface area (Å²) in [6.45, 7) is 5.05. The van der Waals surface area contributed by atoms with Gasteiger partial charge >= 0.3 is 0 Å². The Morgan fingerprint density at radius 2 is 2.14 bits per heavy atom. The third-order valence-electron chi connectivity index (χ3n) is 3.01. The van der Waals surface area contributed by atoms with Crippen molar-refractivity contribution in [2.45, 2.75) is 43.2 Å². The monoisotopic (exact) mass is 336 g/mol. The van der Waals surface area contributed by atoms with E-state index in [1.165, 1.54) is 17.8 Å². The minimum Gasteiger partial charge on any atom is -0.447 e. The topological polar surface area (TPSA) is 91.6 Å². The third kappa shape index (κ3) is 5.63. The zero-order valence-corrected chi connectivity index (χ0v) is 14.3. The van der Waals surface area contributed by atoms with E-state index in [0.29, 0.717) is 12.3 Å². The largest absolute Gasteiger partial charge is 0.447 e. The van der Waals surface area contributed by atoms with Gasteiger partial charge in [-0.15, -0.1) is 0 Å². The molecule has 2 unspecified atom stereocenters. The SMILES string of the molecule is CCCNCc1ccc(S(=O)(=O)NC(C)C(CO)SC)o1. The lowest BCUT2D eigenvalue weighted by Crippen LogP contribution is -2.41. The average molecular weight is 336 g/mol. The van der Waals surface area contributed by atoms with Crippen molar-refractivity contribution >= 4 is 21.8 Å². The fourth-order valence-corrected chi connectivity index (χ4v) is 3.75. The number of thioether (sulfide) groups is 1. The summed E-state index contributed by atoms with van der Waals surface area (Å²) in [4.78, 5) is 0. The zero-order chi connectivity index (χ0) is 15.9. The van der Waals surface area contributed by atoms with E-state index in [9.17, 15) is 13.5 Å². The predicted molar refractivity (Wildman–Crippen MR) is 84.9 cm³/mol. The average Bonchev–Trinajstić information content (AvgIpc) is 2.89. The molecule has 0 fully saturated rings. The van der Waals surface area contributed by atoms with E-state index in [1.54, 1.807) is 13.0 Å². The third-order valence-corrected chi connectivity index (χ3v) is 5.60. The van der Waals surface area contributed by atoms with E-state index >= 15 is 0 Å². The molecule has 1 aromatic heterocycles. The van der Waals surface area contributed by atoms with E-state index in [-0.39, 0.29) is 23.0 Å². The predicted octanol–water partition coefficient (Wildman–Crippen LogP) is 1.17. The van der Waals surface area contributed by atoms with Crippen molar-refractivity contribution in [3.63, 3.8) is 0 Å². The molecular formula is C13H24N2O4S2. The van der Waals surface area contributed by atoms with E-state index in [1.807, 2.05) is 6.26 Å². The summed E-state index contributed by atoms with van der Waals surface area (Å²) >= 11 is 1.42. The van der Waals surface area contributed by atoms with Gasteiger partial charge in [0.15, 0.2) is 0 Å². The quantitative estimate of drug-likeness (QED) is 0.556. The molecule has 6 nitrogen and oxygen atoms in total. The smallest absolute Gasteiger partial charge is 0.274 e. The van der Waals surface area contributed by atoms with Gasteiger partial charge in [-0.05, 0) is 38.3 Å². The molecule has 1 rings (SSSR count). The molecule has 21 heavy (non-hydrogen) atoms. The standard InChI is InChI=1S/C13H24N2O4S2/c1-4-7-14-8-11-5-6-13(19-11)21(17,18)15-10(2)12(9-16)20-3/h5-6,10,12,14-16H,4,7-9H2,1-3H3. The van der Waals surface area contributed by atoms with Crippen LogP contribution < -0.4 is 10.0 Å². The second kappa shape index (κ2) is 8.79. The van der Waals surface area contributed by atoms with Crippen LogP contribution in [-0.4, -0.2) is 44.2 Å². The van der Waals surface area contributed by atoms with Crippen LogP contribution in [0, 0.1) is 0 Å². The first kappa shape index (κ1) is 18.5. The fourth-order valence-electron chi connectivity index (χ4n) is 1.80. The zero-order valence-electron chi connectivity index (χ0n) is 12.6. The van der Waals surface area contributed by atoms with Gasteiger partial charge in [-0.2, -0.15) is 11.8 Å². The van der Waals surface area contributed by atoms with Crippen molar-refractivity contribution in [1.82, 2.24) is 10.0 Å². The van der Waals surface area contributed by atoms with Crippen LogP contribution in [0.4, 0.5) is 0 Å². The maximum Gasteiger partial charge on any atom is 0.274 e. The molecule has 0 aromatic carbocycles. The van der Waals surface area contributed by atoms with Gasteiger partial charge in [0.05, 0.1) is 13.2 Å². The van der Waals surface area contributed by atoms with Gasteiger partial charge in [0.1, 0.15) is 5.76 Å². The van der Waals surface area contributed by atoms with E-state index in [0.717, 1.165) is 13.0 Å². The van der Waals surface area contributed by atoms with Crippen LogP contribution in [0.25, 0.3) is 0 Å². The molecule has 3 N–H and O–H groups in total. The van der Waals surface area contributed by atoms with Crippen molar-refractivity contribution in [2.75, 3.05) is 19.4 Å². The highest BCUT2D eigenvalue weighted by atomic mass is 32.2. The van der Waals surface area contributed by atoms with Crippen molar-refractivity contribution in [1.29, 1.82) is 0 Å². The second-order valence-corrected chi connectivity index (χ2v) is 7.49. The molecule has 0 radical (unpaired) electrons. The van der Waals surface area contributed by atoms with Crippen LogP contribution in [0.1, 0.15) is 26.0 Å². The Morgan fingerprint density at radius 3 is 2.71 bits per heavy atom. The first-order chi connectivity index (χ1) is 9.94. The molecule has 1 aromatic rings. The highest BCUT2D eigenvalue weighted by Gasteiger charge is 2.25. The Bertz CT molecular complexity index is 512. The molecule has 122 valence electrons. The Hall–Kier alpha value is -0.540. The fraction of sp³-hybridized carbons (Fsp3) is 0.692. The molecule has 0 aliphatic heterocycles. The molecule has 1 heterocycles. The highest BCUT2D eigenvalue weighted by Crippen LogP contribution is 2.17. The lowest BCUT2D eigenvalue weighted by Gasteiger charge is -2.20. The van der Waals surface area contributed by atoms with E-state index in [4.69, 9.17) is 4.42 Å². The molecule has 0 saturated heterocycles. The minimum absolute atomic E-state index is 0.0881. The van der Waals surface area contributed by atoms with Gasteiger partial charge < -0.3 is 14.8 Å². The number of sulfonamides is 1. The summed E-state index contributed by atoms with van der Waals surface area (Å²) < 4.78 is 32.3. The first-order valence-electron chi connectivity index (χ1n) is 6.90. The summed E-state index contributed by atoms with van der Waals surface area (Å²) in [6, 6.07) is 2.71. The van der Waals surface area contributed by atoms with Crippen LogP contribution in [0.2, 0.25) is 0 Å². The summed E-state index contributed by atoms with van der Waals surface area (Å²) in [5.41, 5.74) is 0. The minimum atomic E-state index is -3.70. The number of rotatable bonds is 10. The maximum absolute atomic E-state index is 12.2. The summed E-state index contributed by atoms with van der Waals surface area (Å²) in [5.74, 6) is 0.583. The van der Waals surface area contributed by atoms with Gasteiger partial charge in [0, 0.05) is 11.3 Å². The van der Waals surface area contributed by atoms with Crippen LogP contribution in [0.5, 0.6) is 0 Å². The number of furan rings is 1. The Kier molecular flexibility index (Phi) is 7.75. The van der Waals surface area contributed by atoms with E-state index in [2.05, 4.69) is 17.0 Å². The summed E-state index contributed by atoms with van der Waals surface area (Å²) in [7, 11) is -3.70. The van der Waals surface area contributed by atoms with Gasteiger partial charge in [0.2, 0.25) is 5.09 Å². The molecular weight excluding hydrogens is 312 g/mol. The van der Waals surface area contributed by atoms with E-state index < -0.39 is 10.0 Å². The van der Waals surface area contributed by atoms with Crippen LogP contribution in [0.15, 0.2) is 21.6 Å². The molecule has 8 heteroatoms. The van der Waals surface area contributed by atoms with Crippen LogP contribution >= 0.6 is 11.8 Å². The number of hydrogen-bond donors (Lipinski definition) is 3. The van der Waals surface area contributed by atoms with Crippen molar-refractivity contribution in [3.8, 4) is 0 Å². The van der Waals surface area contributed by atoms with Gasteiger partial charge in [-0.1, -0.05) is 6.92 Å². The Labute approximate surface area is 130 Å². The second-order valence-electron chi connectivity index (χ2n) is 4.76. The number of aliphatic hydroxyl groups is 1. The number of hydrogen-bond acceptors (Lipinski definition) is 6. The molecule has 0 spiro atoms. The molecule has 0 amide bonds. The van der Waals surface area contributed by atoms with Crippen LogP contribution in [0.3, 0.4) is 0 Å². The lowest BCUT2D eigenvalue weighted by molar-refractivity contribution is 0.281. The van der Waals surface area contributed by atoms with Crippen molar-refractivity contribution < 1.29 is 17.9 Å². The molecule has 0 aliphatic rings. The van der Waals surface area contributed by atoms with Gasteiger partial charge in [-0.25, -0.2) is 13.1 Å². The first-order valence-corrected chi connectivity index (χ1v) is 9.67. The number of aliphatic hydroxyl groups excluding tert-OH is 1. The Morgan fingerprint density at radius 1 is 1.43 bits per heavy atom. The van der Waals surface area contributed by atoms with Crippen molar-refractivity contribution in [3.05, 3.63) is 17.9 Å². The lowest BCUT2D eigenvalue weighted by atomic mass is 10.3. The highest BCUT2D eigenvalue weighted by molar-refractivity contribution is 7.99. The molecule has 0 aliphatic carbocycles. The molecule has 0 saturated carbocycles. The molecule has 2 atom stereocenters. The molecule has 0 bridgehead atoms. The normalized spacial score (nSPS) is 15.0. The van der Waals surface area contributed by atoms with Crippen LogP contribution in [-0.2, 0) is 16.6 Å². The van der Waals surface area contributed by atoms with Crippen molar-refractivity contribution in [2.24, 2.45) is 0 Å². The maximum atomic E-state index is 12.2.